The van der Waals surface area contributed by atoms with E-state index in [1.165, 1.54) is 12.1 Å². The normalized spacial score (nSPS) is 16.5. The molecule has 1 amide bonds. The van der Waals surface area contributed by atoms with Gasteiger partial charge in [-0.25, -0.2) is 4.39 Å². The van der Waals surface area contributed by atoms with Crippen molar-refractivity contribution in [1.29, 1.82) is 0 Å². The first-order valence-corrected chi connectivity index (χ1v) is 8.11. The molecule has 0 spiro atoms. The minimum absolute atomic E-state index is 0.0544. The highest BCUT2D eigenvalue weighted by atomic mass is 19.1. The lowest BCUT2D eigenvalue weighted by atomic mass is 9.93. The fourth-order valence-corrected chi connectivity index (χ4v) is 3.21. The van der Waals surface area contributed by atoms with Crippen LogP contribution in [0.5, 0.6) is 0 Å². The Labute approximate surface area is 144 Å². The number of hydrogen-bond donors (Lipinski definition) is 2. The number of benzene rings is 2. The Morgan fingerprint density at radius 2 is 1.88 bits per heavy atom. The maximum absolute atomic E-state index is 13.1. The summed E-state index contributed by atoms with van der Waals surface area (Å²) in [6.07, 6.45) is 0.849. The molecular formula is C19H17FN4O. The van der Waals surface area contributed by atoms with Gasteiger partial charge in [0, 0.05) is 6.54 Å². The van der Waals surface area contributed by atoms with Gasteiger partial charge in [-0.3, -0.25) is 9.89 Å². The molecule has 1 aliphatic heterocycles. The number of carbonyl (C=O) groups excluding carboxylic acids is 1. The summed E-state index contributed by atoms with van der Waals surface area (Å²) in [5, 5.41) is 6.80. The minimum Gasteiger partial charge on any atom is -0.382 e. The quantitative estimate of drug-likeness (QED) is 0.770. The standard InChI is InChI=1S/C19H17FN4O/c20-14-8-6-12(7-9-14)15-10-11-24(15)19(25)17-16(18(21)23-22-17)13-4-2-1-3-5-13/h1-9,15H,10-11H2,(H3,21,22,23)/t15-/m0/s1. The first-order valence-electron chi connectivity index (χ1n) is 8.11. The number of H-pyrrole nitrogens is 1. The van der Waals surface area contributed by atoms with Gasteiger partial charge in [0.25, 0.3) is 5.91 Å². The van der Waals surface area contributed by atoms with Crippen LogP contribution in [0.25, 0.3) is 11.1 Å². The second kappa shape index (κ2) is 6.05. The van der Waals surface area contributed by atoms with Crippen molar-refractivity contribution in [2.45, 2.75) is 12.5 Å². The largest absolute Gasteiger partial charge is 0.382 e. The molecule has 5 nitrogen and oxygen atoms in total. The van der Waals surface area contributed by atoms with Gasteiger partial charge in [0.1, 0.15) is 11.5 Å². The fourth-order valence-electron chi connectivity index (χ4n) is 3.21. The number of likely N-dealkylation sites (tertiary alicyclic amines) is 1. The van der Waals surface area contributed by atoms with Crippen LogP contribution in [0.3, 0.4) is 0 Å². The van der Waals surface area contributed by atoms with Gasteiger partial charge < -0.3 is 10.6 Å². The Balaban J connectivity index is 1.65. The van der Waals surface area contributed by atoms with Crippen LogP contribution in [0, 0.1) is 5.82 Å². The topological polar surface area (TPSA) is 75.0 Å². The molecular weight excluding hydrogens is 319 g/mol. The molecule has 0 aliphatic carbocycles. The third-order valence-electron chi connectivity index (χ3n) is 4.61. The predicted octanol–water partition coefficient (Wildman–Crippen LogP) is 3.39. The van der Waals surface area contributed by atoms with Gasteiger partial charge in [-0.15, -0.1) is 0 Å². The number of aromatic amines is 1. The van der Waals surface area contributed by atoms with E-state index in [0.717, 1.165) is 17.5 Å². The van der Waals surface area contributed by atoms with Crippen LogP contribution >= 0.6 is 0 Å². The van der Waals surface area contributed by atoms with E-state index in [9.17, 15) is 9.18 Å². The van der Waals surface area contributed by atoms with Crippen molar-refractivity contribution in [3.8, 4) is 11.1 Å². The maximum atomic E-state index is 13.1. The smallest absolute Gasteiger partial charge is 0.273 e. The predicted molar refractivity (Wildman–Crippen MR) is 93.2 cm³/mol. The van der Waals surface area contributed by atoms with Gasteiger partial charge in [0.05, 0.1) is 11.6 Å². The summed E-state index contributed by atoms with van der Waals surface area (Å²) in [6.45, 7) is 0.647. The number of carbonyl (C=O) groups is 1. The molecule has 1 aliphatic rings. The second-order valence-corrected chi connectivity index (χ2v) is 6.08. The molecule has 3 aromatic rings. The number of hydrogen-bond acceptors (Lipinski definition) is 3. The molecule has 0 unspecified atom stereocenters. The number of anilines is 1. The number of nitrogen functional groups attached to an aromatic ring is 1. The summed E-state index contributed by atoms with van der Waals surface area (Å²) in [4.78, 5) is 14.8. The van der Waals surface area contributed by atoms with E-state index >= 15 is 0 Å². The number of nitrogens with zero attached hydrogens (tertiary/aromatic N) is 2. The van der Waals surface area contributed by atoms with E-state index < -0.39 is 0 Å². The third kappa shape index (κ3) is 2.65. The number of amides is 1. The Bertz CT molecular complexity index is 905. The second-order valence-electron chi connectivity index (χ2n) is 6.08. The zero-order valence-corrected chi connectivity index (χ0v) is 13.4. The van der Waals surface area contributed by atoms with Crippen LogP contribution in [-0.4, -0.2) is 27.5 Å². The molecule has 2 aromatic carbocycles. The third-order valence-corrected chi connectivity index (χ3v) is 4.61. The van der Waals surface area contributed by atoms with Gasteiger partial charge in [0.15, 0.2) is 5.82 Å². The maximum Gasteiger partial charge on any atom is 0.273 e. The first-order chi connectivity index (χ1) is 12.1. The van der Waals surface area contributed by atoms with E-state index in [2.05, 4.69) is 10.2 Å². The Kier molecular flexibility index (Phi) is 3.72. The summed E-state index contributed by atoms with van der Waals surface area (Å²) < 4.78 is 13.1. The lowest BCUT2D eigenvalue weighted by Gasteiger charge is -2.41. The molecule has 2 heterocycles. The fraction of sp³-hybridized carbons (Fsp3) is 0.158. The van der Waals surface area contributed by atoms with Crippen LogP contribution in [0.2, 0.25) is 0 Å². The van der Waals surface area contributed by atoms with Gasteiger partial charge in [-0.1, -0.05) is 42.5 Å². The number of aromatic nitrogens is 2. The van der Waals surface area contributed by atoms with Crippen LogP contribution in [0.1, 0.15) is 28.5 Å². The van der Waals surface area contributed by atoms with E-state index in [1.54, 1.807) is 17.0 Å². The molecule has 1 atom stereocenters. The molecule has 1 fully saturated rings. The van der Waals surface area contributed by atoms with Gasteiger partial charge in [-0.05, 0) is 29.7 Å². The average Bonchev–Trinajstić information content (AvgIpc) is 2.98. The first kappa shape index (κ1) is 15.4. The summed E-state index contributed by atoms with van der Waals surface area (Å²) in [6, 6.07) is 15.7. The summed E-state index contributed by atoms with van der Waals surface area (Å²) in [5.74, 6) is -0.134. The van der Waals surface area contributed by atoms with Crippen LogP contribution < -0.4 is 5.73 Å². The van der Waals surface area contributed by atoms with Crippen LogP contribution in [-0.2, 0) is 0 Å². The Morgan fingerprint density at radius 1 is 1.16 bits per heavy atom. The molecule has 0 radical (unpaired) electrons. The van der Waals surface area contributed by atoms with E-state index in [0.29, 0.717) is 23.6 Å². The SMILES string of the molecule is Nc1n[nH]c(C(=O)N2CC[C@H]2c2ccc(F)cc2)c1-c1ccccc1. The van der Waals surface area contributed by atoms with Crippen LogP contribution in [0.4, 0.5) is 10.2 Å². The zero-order chi connectivity index (χ0) is 17.4. The van der Waals surface area contributed by atoms with Gasteiger partial charge in [-0.2, -0.15) is 5.10 Å². The highest BCUT2D eigenvalue weighted by Gasteiger charge is 2.36. The molecule has 0 saturated carbocycles. The molecule has 3 N–H and O–H groups in total. The Morgan fingerprint density at radius 3 is 2.52 bits per heavy atom. The average molecular weight is 336 g/mol. The molecule has 0 bridgehead atoms. The molecule has 126 valence electrons. The monoisotopic (exact) mass is 336 g/mol. The number of rotatable bonds is 3. The summed E-state index contributed by atoms with van der Waals surface area (Å²) >= 11 is 0. The zero-order valence-electron chi connectivity index (χ0n) is 13.4. The number of nitrogens with two attached hydrogens (primary N) is 1. The van der Waals surface area contributed by atoms with Crippen molar-refractivity contribution in [3.05, 3.63) is 71.7 Å². The molecule has 6 heteroatoms. The van der Waals surface area contributed by atoms with Crippen molar-refractivity contribution in [2.75, 3.05) is 12.3 Å². The van der Waals surface area contributed by atoms with Crippen molar-refractivity contribution >= 4 is 11.7 Å². The van der Waals surface area contributed by atoms with Gasteiger partial charge in [0.2, 0.25) is 0 Å². The van der Waals surface area contributed by atoms with Crippen molar-refractivity contribution in [3.63, 3.8) is 0 Å². The highest BCUT2D eigenvalue weighted by molar-refractivity contribution is 6.02. The number of halogens is 1. The van der Waals surface area contributed by atoms with Crippen molar-refractivity contribution < 1.29 is 9.18 Å². The Hall–Kier alpha value is -3.15. The van der Waals surface area contributed by atoms with E-state index in [-0.39, 0.29) is 17.8 Å². The number of nitrogens with one attached hydrogen (secondary N) is 1. The lowest BCUT2D eigenvalue weighted by Crippen LogP contribution is -2.45. The highest BCUT2D eigenvalue weighted by Crippen LogP contribution is 2.36. The molecule has 1 aromatic heterocycles. The summed E-state index contributed by atoms with van der Waals surface area (Å²) in [7, 11) is 0. The van der Waals surface area contributed by atoms with E-state index in [1.807, 2.05) is 30.3 Å². The van der Waals surface area contributed by atoms with Crippen LogP contribution in [0.15, 0.2) is 54.6 Å². The molecule has 4 rings (SSSR count). The van der Waals surface area contributed by atoms with E-state index in [4.69, 9.17) is 5.73 Å². The minimum atomic E-state index is -0.284. The van der Waals surface area contributed by atoms with Crippen molar-refractivity contribution in [2.24, 2.45) is 0 Å². The van der Waals surface area contributed by atoms with Crippen molar-refractivity contribution in [1.82, 2.24) is 15.1 Å². The molecule has 25 heavy (non-hydrogen) atoms. The molecule has 1 saturated heterocycles. The summed E-state index contributed by atoms with van der Waals surface area (Å²) in [5.41, 5.74) is 8.75. The lowest BCUT2D eigenvalue weighted by molar-refractivity contribution is 0.0455. The van der Waals surface area contributed by atoms with Gasteiger partial charge >= 0.3 is 0 Å².